The molecule has 6 nitrogen and oxygen atoms in total. The number of aryl methyl sites for hydroxylation is 1. The molecule has 34 heavy (non-hydrogen) atoms. The van der Waals surface area contributed by atoms with E-state index in [0.29, 0.717) is 12.5 Å². The van der Waals surface area contributed by atoms with Gasteiger partial charge in [-0.15, -0.1) is 0 Å². The zero-order chi connectivity index (χ0) is 24.4. The Hall–Kier alpha value is -2.86. The second-order valence-corrected chi connectivity index (χ2v) is 10.0. The Labute approximate surface area is 203 Å². The van der Waals surface area contributed by atoms with E-state index in [4.69, 9.17) is 9.47 Å². The number of likely N-dealkylation sites (tertiary alicyclic amines) is 1. The summed E-state index contributed by atoms with van der Waals surface area (Å²) in [7, 11) is 0. The van der Waals surface area contributed by atoms with Crippen molar-refractivity contribution in [3.63, 3.8) is 0 Å². The molecule has 2 aromatic carbocycles. The fourth-order valence-electron chi connectivity index (χ4n) is 4.11. The molecule has 0 saturated carbocycles. The summed E-state index contributed by atoms with van der Waals surface area (Å²) in [6, 6.07) is 17.9. The summed E-state index contributed by atoms with van der Waals surface area (Å²) >= 11 is 0. The summed E-state index contributed by atoms with van der Waals surface area (Å²) in [4.78, 5) is 26.1. The van der Waals surface area contributed by atoms with Crippen molar-refractivity contribution >= 4 is 17.7 Å². The molecule has 1 fully saturated rings. The molecule has 6 heteroatoms. The van der Waals surface area contributed by atoms with Crippen LogP contribution in [0, 0.1) is 5.92 Å². The molecule has 184 valence electrons. The first-order valence-electron chi connectivity index (χ1n) is 12.3. The molecule has 0 spiro atoms. The zero-order valence-electron chi connectivity index (χ0n) is 20.7. The van der Waals surface area contributed by atoms with Gasteiger partial charge >= 0.3 is 6.09 Å². The fraction of sp³-hybridized carbons (Fsp3) is 0.500. The van der Waals surface area contributed by atoms with Crippen LogP contribution in [0.1, 0.15) is 57.6 Å². The number of amides is 2. The lowest BCUT2D eigenvalue weighted by atomic mass is 9.91. The van der Waals surface area contributed by atoms with E-state index in [9.17, 15) is 9.59 Å². The van der Waals surface area contributed by atoms with Gasteiger partial charge in [0.1, 0.15) is 12.2 Å². The van der Waals surface area contributed by atoms with Crippen molar-refractivity contribution in [2.24, 2.45) is 5.92 Å². The molecule has 1 aliphatic rings. The molecule has 0 aliphatic carbocycles. The predicted molar refractivity (Wildman–Crippen MR) is 135 cm³/mol. The summed E-state index contributed by atoms with van der Waals surface area (Å²) < 4.78 is 11.0. The summed E-state index contributed by atoms with van der Waals surface area (Å²) in [6.07, 6.45) is 5.18. The number of rotatable bonds is 9. The molecule has 1 aliphatic heterocycles. The Balaban J connectivity index is 1.30. The highest BCUT2D eigenvalue weighted by Gasteiger charge is 2.26. The number of carbonyl (C=O) groups is 2. The van der Waals surface area contributed by atoms with Gasteiger partial charge in [0.05, 0.1) is 6.61 Å². The third-order valence-electron chi connectivity index (χ3n) is 5.93. The highest BCUT2D eigenvalue weighted by molar-refractivity contribution is 5.91. The van der Waals surface area contributed by atoms with Gasteiger partial charge in [0.2, 0.25) is 5.91 Å². The van der Waals surface area contributed by atoms with E-state index in [1.54, 1.807) is 0 Å². The minimum atomic E-state index is -0.442. The van der Waals surface area contributed by atoms with Crippen molar-refractivity contribution in [1.29, 1.82) is 0 Å². The Morgan fingerprint density at radius 3 is 2.29 bits per heavy atom. The third kappa shape index (κ3) is 9.18. The second kappa shape index (κ2) is 12.6. The molecule has 0 radical (unpaired) electrons. The number of nitrogens with zero attached hydrogens (tertiary/aromatic N) is 1. The van der Waals surface area contributed by atoms with Crippen LogP contribution in [0.3, 0.4) is 0 Å². The van der Waals surface area contributed by atoms with E-state index in [2.05, 4.69) is 17.4 Å². The van der Waals surface area contributed by atoms with Crippen LogP contribution < -0.4 is 5.32 Å². The minimum absolute atomic E-state index is 0.0311. The monoisotopic (exact) mass is 466 g/mol. The number of carbonyl (C=O) groups excluding carboxylic acids is 2. The molecule has 1 saturated heterocycles. The maximum absolute atomic E-state index is 12.2. The van der Waals surface area contributed by atoms with Crippen LogP contribution >= 0.6 is 0 Å². The number of hydrogen-bond acceptors (Lipinski definition) is 4. The summed E-state index contributed by atoms with van der Waals surface area (Å²) in [5, 5.41) is 2.88. The molecule has 0 aromatic heterocycles. The van der Waals surface area contributed by atoms with Crippen molar-refractivity contribution in [3.8, 4) is 0 Å². The Bertz CT molecular complexity index is 898. The molecule has 0 bridgehead atoms. The normalized spacial score (nSPS) is 14.6. The van der Waals surface area contributed by atoms with E-state index in [1.807, 2.05) is 68.1 Å². The molecular formula is C28H38N2O4. The van der Waals surface area contributed by atoms with Crippen molar-refractivity contribution in [1.82, 2.24) is 4.90 Å². The van der Waals surface area contributed by atoms with E-state index >= 15 is 0 Å². The highest BCUT2D eigenvalue weighted by Crippen LogP contribution is 2.24. The molecule has 2 amide bonds. The van der Waals surface area contributed by atoms with Gasteiger partial charge in [-0.25, -0.2) is 4.79 Å². The summed E-state index contributed by atoms with van der Waals surface area (Å²) in [5.74, 6) is 0.509. The van der Waals surface area contributed by atoms with E-state index in [0.717, 1.165) is 50.0 Å². The van der Waals surface area contributed by atoms with Crippen molar-refractivity contribution in [2.45, 2.75) is 65.1 Å². The van der Waals surface area contributed by atoms with Gasteiger partial charge in [-0.2, -0.15) is 0 Å². The van der Waals surface area contributed by atoms with Crippen LogP contribution in [0.25, 0.3) is 0 Å². The summed E-state index contributed by atoms with van der Waals surface area (Å²) in [5.41, 5.74) is 2.66. The number of benzene rings is 2. The van der Waals surface area contributed by atoms with Gasteiger partial charge in [0.15, 0.2) is 0 Å². The van der Waals surface area contributed by atoms with Crippen LogP contribution in [0.15, 0.2) is 54.6 Å². The topological polar surface area (TPSA) is 67.9 Å². The first-order chi connectivity index (χ1) is 16.3. The highest BCUT2D eigenvalue weighted by atomic mass is 16.6. The average Bonchev–Trinajstić information content (AvgIpc) is 2.80. The Morgan fingerprint density at radius 1 is 0.971 bits per heavy atom. The zero-order valence-corrected chi connectivity index (χ0v) is 20.7. The SMILES string of the molecule is CC(C)(C)OC(=O)N1CCC(CCCc2ccc(NC(=O)COCc3ccccc3)cc2)CC1. The second-order valence-electron chi connectivity index (χ2n) is 10.0. The third-order valence-corrected chi connectivity index (χ3v) is 5.93. The van der Waals surface area contributed by atoms with E-state index < -0.39 is 5.60 Å². The molecular weight excluding hydrogens is 428 g/mol. The largest absolute Gasteiger partial charge is 0.444 e. The standard InChI is InChI=1S/C28H38N2O4/c1-28(2,3)34-27(32)30-18-16-23(17-19-30)11-7-10-22-12-14-25(15-13-22)29-26(31)21-33-20-24-8-5-4-6-9-24/h4-6,8-9,12-15,23H,7,10-11,16-21H2,1-3H3,(H,29,31). The number of ether oxygens (including phenoxy) is 2. The van der Waals surface area contributed by atoms with Crippen LogP contribution in [-0.4, -0.2) is 42.2 Å². The first kappa shape index (κ1) is 25.8. The van der Waals surface area contributed by atoms with Gasteiger partial charge in [0.25, 0.3) is 0 Å². The maximum Gasteiger partial charge on any atom is 0.410 e. The maximum atomic E-state index is 12.2. The van der Waals surface area contributed by atoms with Gasteiger partial charge < -0.3 is 19.7 Å². The van der Waals surface area contributed by atoms with Crippen LogP contribution in [0.4, 0.5) is 10.5 Å². The van der Waals surface area contributed by atoms with E-state index in [-0.39, 0.29) is 18.6 Å². The van der Waals surface area contributed by atoms with Crippen LogP contribution in [0.5, 0.6) is 0 Å². The van der Waals surface area contributed by atoms with Crippen molar-refractivity contribution in [2.75, 3.05) is 25.0 Å². The molecule has 3 rings (SSSR count). The molecule has 0 atom stereocenters. The summed E-state index contributed by atoms with van der Waals surface area (Å²) in [6.45, 7) is 7.72. The first-order valence-corrected chi connectivity index (χ1v) is 12.3. The molecule has 2 aromatic rings. The smallest absolute Gasteiger partial charge is 0.410 e. The quantitative estimate of drug-likeness (QED) is 0.506. The van der Waals surface area contributed by atoms with Gasteiger partial charge in [-0.3, -0.25) is 4.79 Å². The average molecular weight is 467 g/mol. The number of piperidine rings is 1. The molecule has 1 N–H and O–H groups in total. The van der Waals surface area contributed by atoms with Crippen LogP contribution in [-0.2, 0) is 27.3 Å². The lowest BCUT2D eigenvalue weighted by Gasteiger charge is -2.33. The fourth-order valence-corrected chi connectivity index (χ4v) is 4.11. The van der Waals surface area contributed by atoms with Gasteiger partial charge in [-0.05, 0) is 82.1 Å². The molecule has 0 unspecified atom stereocenters. The van der Waals surface area contributed by atoms with Crippen molar-refractivity contribution in [3.05, 3.63) is 65.7 Å². The van der Waals surface area contributed by atoms with Gasteiger partial charge in [0, 0.05) is 18.8 Å². The van der Waals surface area contributed by atoms with E-state index in [1.165, 1.54) is 12.0 Å². The van der Waals surface area contributed by atoms with Crippen molar-refractivity contribution < 1.29 is 19.1 Å². The number of nitrogens with one attached hydrogen (secondary N) is 1. The Morgan fingerprint density at radius 2 is 1.65 bits per heavy atom. The van der Waals surface area contributed by atoms with Gasteiger partial charge in [-0.1, -0.05) is 42.5 Å². The minimum Gasteiger partial charge on any atom is -0.444 e. The lowest BCUT2D eigenvalue weighted by molar-refractivity contribution is -0.121. The predicted octanol–water partition coefficient (Wildman–Crippen LogP) is 5.81. The number of anilines is 1. The Kier molecular flexibility index (Phi) is 9.52. The molecule has 1 heterocycles. The van der Waals surface area contributed by atoms with Crippen LogP contribution in [0.2, 0.25) is 0 Å². The lowest BCUT2D eigenvalue weighted by Crippen LogP contribution is -2.41. The number of hydrogen-bond donors (Lipinski definition) is 1.